The van der Waals surface area contributed by atoms with E-state index in [0.717, 1.165) is 16.8 Å². The lowest BCUT2D eigenvalue weighted by molar-refractivity contribution is -0.142. The molecule has 1 heterocycles. The Morgan fingerprint density at radius 2 is 2.00 bits per heavy atom. The molecule has 0 spiro atoms. The van der Waals surface area contributed by atoms with E-state index in [1.165, 1.54) is 7.11 Å². The predicted molar refractivity (Wildman–Crippen MR) is 99.6 cm³/mol. The molecule has 3 rings (SSSR count). The Bertz CT molecular complexity index is 893. The number of aromatic nitrogens is 2. The minimum Gasteiger partial charge on any atom is -0.482 e. The summed E-state index contributed by atoms with van der Waals surface area (Å²) in [5.41, 5.74) is 3.03. The predicted octanol–water partition coefficient (Wildman–Crippen LogP) is 3.13. The number of esters is 1. The van der Waals surface area contributed by atoms with Crippen molar-refractivity contribution >= 4 is 11.7 Å². The van der Waals surface area contributed by atoms with Crippen molar-refractivity contribution in [2.75, 3.05) is 19.0 Å². The summed E-state index contributed by atoms with van der Waals surface area (Å²) in [6.07, 6.45) is 0.635. The van der Waals surface area contributed by atoms with Gasteiger partial charge in [0.15, 0.2) is 12.4 Å². The van der Waals surface area contributed by atoms with Crippen LogP contribution in [0.4, 0.5) is 5.69 Å². The van der Waals surface area contributed by atoms with E-state index in [4.69, 9.17) is 9.26 Å². The van der Waals surface area contributed by atoms with E-state index in [1.807, 2.05) is 49.4 Å². The summed E-state index contributed by atoms with van der Waals surface area (Å²) >= 11 is 0. The molecule has 0 fully saturated rings. The number of benzene rings is 2. The van der Waals surface area contributed by atoms with Crippen molar-refractivity contribution in [3.8, 4) is 5.75 Å². The van der Waals surface area contributed by atoms with Gasteiger partial charge in [0, 0.05) is 12.1 Å². The number of aryl methyl sites for hydroxylation is 1. The van der Waals surface area contributed by atoms with Gasteiger partial charge in [-0.25, -0.2) is 4.79 Å². The summed E-state index contributed by atoms with van der Waals surface area (Å²) in [7, 11) is 1.33. The van der Waals surface area contributed by atoms with Crippen LogP contribution in [-0.2, 0) is 22.5 Å². The van der Waals surface area contributed by atoms with Gasteiger partial charge in [0.05, 0.1) is 13.7 Å². The Kier molecular flexibility index (Phi) is 6.04. The number of rotatable bonds is 8. The zero-order valence-corrected chi connectivity index (χ0v) is 15.3. The number of anilines is 1. The molecule has 0 amide bonds. The van der Waals surface area contributed by atoms with Gasteiger partial charge < -0.3 is 19.3 Å². The molecule has 0 radical (unpaired) electrons. The molecule has 7 heteroatoms. The third kappa shape index (κ3) is 5.31. The van der Waals surface area contributed by atoms with Crippen LogP contribution in [0.1, 0.15) is 22.8 Å². The van der Waals surface area contributed by atoms with E-state index in [-0.39, 0.29) is 6.61 Å². The summed E-state index contributed by atoms with van der Waals surface area (Å²) in [5.74, 6) is 1.36. The number of methoxy groups -OCH3 is 1. The molecule has 27 heavy (non-hydrogen) atoms. The number of nitrogens with one attached hydrogen (secondary N) is 1. The number of hydrogen-bond donors (Lipinski definition) is 1. The third-order valence-electron chi connectivity index (χ3n) is 3.93. The zero-order valence-electron chi connectivity index (χ0n) is 15.3. The molecule has 2 aromatic carbocycles. The van der Waals surface area contributed by atoms with E-state index < -0.39 is 5.97 Å². The first-order valence-electron chi connectivity index (χ1n) is 8.53. The van der Waals surface area contributed by atoms with E-state index >= 15 is 0 Å². The fourth-order valence-corrected chi connectivity index (χ4v) is 2.51. The van der Waals surface area contributed by atoms with Crippen LogP contribution in [0.15, 0.2) is 53.1 Å². The first kappa shape index (κ1) is 18.4. The van der Waals surface area contributed by atoms with Gasteiger partial charge in [0.1, 0.15) is 5.75 Å². The van der Waals surface area contributed by atoms with Crippen molar-refractivity contribution in [1.82, 2.24) is 10.1 Å². The van der Waals surface area contributed by atoms with Gasteiger partial charge in [-0.3, -0.25) is 0 Å². The second kappa shape index (κ2) is 8.84. The second-order valence-corrected chi connectivity index (χ2v) is 5.96. The molecule has 0 atom stereocenters. The molecule has 0 saturated heterocycles. The van der Waals surface area contributed by atoms with E-state index in [0.29, 0.717) is 30.4 Å². The van der Waals surface area contributed by atoms with Gasteiger partial charge in [0.25, 0.3) is 0 Å². The van der Waals surface area contributed by atoms with Crippen LogP contribution in [-0.4, -0.2) is 29.8 Å². The highest BCUT2D eigenvalue weighted by Crippen LogP contribution is 2.22. The second-order valence-electron chi connectivity index (χ2n) is 5.96. The van der Waals surface area contributed by atoms with Crippen LogP contribution in [0, 0.1) is 6.92 Å². The third-order valence-corrected chi connectivity index (χ3v) is 3.93. The molecule has 0 saturated carbocycles. The lowest BCUT2D eigenvalue weighted by Crippen LogP contribution is -2.12. The van der Waals surface area contributed by atoms with Gasteiger partial charge in [-0.1, -0.05) is 35.5 Å². The molecule has 0 aliphatic rings. The first-order chi connectivity index (χ1) is 13.1. The Hall–Kier alpha value is -3.35. The van der Waals surface area contributed by atoms with Gasteiger partial charge in [-0.2, -0.15) is 4.98 Å². The van der Waals surface area contributed by atoms with Crippen molar-refractivity contribution in [3.63, 3.8) is 0 Å². The first-order valence-corrected chi connectivity index (χ1v) is 8.53. The molecule has 0 aliphatic heterocycles. The lowest BCUT2D eigenvalue weighted by atomic mass is 10.1. The lowest BCUT2D eigenvalue weighted by Gasteiger charge is -2.10. The quantitative estimate of drug-likeness (QED) is 0.612. The number of ether oxygens (including phenoxy) is 2. The maximum Gasteiger partial charge on any atom is 0.343 e. The van der Waals surface area contributed by atoms with Gasteiger partial charge in [-0.05, 0) is 36.2 Å². The average Bonchev–Trinajstić information content (AvgIpc) is 3.13. The minimum absolute atomic E-state index is 0.116. The van der Waals surface area contributed by atoms with Crippen molar-refractivity contribution in [3.05, 3.63) is 71.4 Å². The minimum atomic E-state index is -0.419. The summed E-state index contributed by atoms with van der Waals surface area (Å²) in [5, 5.41) is 7.29. The van der Waals surface area contributed by atoms with Crippen LogP contribution in [0.25, 0.3) is 0 Å². The van der Waals surface area contributed by atoms with Crippen LogP contribution in [0.5, 0.6) is 5.75 Å². The fraction of sp³-hybridized carbons (Fsp3) is 0.250. The monoisotopic (exact) mass is 367 g/mol. The maximum absolute atomic E-state index is 11.1. The maximum atomic E-state index is 11.1. The van der Waals surface area contributed by atoms with Crippen molar-refractivity contribution in [2.45, 2.75) is 19.9 Å². The molecule has 1 N–H and O–H groups in total. The highest BCUT2D eigenvalue weighted by Gasteiger charge is 2.09. The van der Waals surface area contributed by atoms with Crippen LogP contribution in [0.2, 0.25) is 0 Å². The molecule has 3 aromatic rings. The Morgan fingerprint density at radius 3 is 2.74 bits per heavy atom. The molecule has 0 bridgehead atoms. The summed E-state index contributed by atoms with van der Waals surface area (Å²) in [4.78, 5) is 15.5. The molecular weight excluding hydrogens is 346 g/mol. The number of carbonyl (C=O) groups is 1. The van der Waals surface area contributed by atoms with E-state index in [1.54, 1.807) is 6.07 Å². The molecule has 0 unspecified atom stereocenters. The largest absolute Gasteiger partial charge is 0.482 e. The Morgan fingerprint density at radius 1 is 1.19 bits per heavy atom. The summed E-state index contributed by atoms with van der Waals surface area (Å²) in [6.45, 7) is 2.25. The smallest absolute Gasteiger partial charge is 0.343 e. The standard InChI is InChI=1S/C20H21N3O4/c1-14-10-16(26-13-20(24)25-2)8-9-17(14)21-12-19-22-18(23-27-19)11-15-6-4-3-5-7-15/h3-10,21H,11-13H2,1-2H3. The van der Waals surface area contributed by atoms with Crippen LogP contribution < -0.4 is 10.1 Å². The van der Waals surface area contributed by atoms with Crippen molar-refractivity contribution in [1.29, 1.82) is 0 Å². The van der Waals surface area contributed by atoms with Crippen molar-refractivity contribution in [2.24, 2.45) is 0 Å². The SMILES string of the molecule is COC(=O)COc1ccc(NCc2nc(Cc3ccccc3)no2)c(C)c1. The topological polar surface area (TPSA) is 86.5 Å². The fourth-order valence-electron chi connectivity index (χ4n) is 2.51. The van der Waals surface area contributed by atoms with Crippen LogP contribution in [0.3, 0.4) is 0 Å². The normalized spacial score (nSPS) is 10.4. The van der Waals surface area contributed by atoms with Crippen molar-refractivity contribution < 1.29 is 18.8 Å². The molecule has 7 nitrogen and oxygen atoms in total. The van der Waals surface area contributed by atoms with E-state index in [9.17, 15) is 4.79 Å². The molecule has 0 aliphatic carbocycles. The molecular formula is C20H21N3O4. The molecule has 140 valence electrons. The number of nitrogens with zero attached hydrogens (tertiary/aromatic N) is 2. The van der Waals surface area contributed by atoms with Crippen LogP contribution >= 0.6 is 0 Å². The summed E-state index contributed by atoms with van der Waals surface area (Å²) < 4.78 is 15.2. The van der Waals surface area contributed by atoms with Gasteiger partial charge >= 0.3 is 5.97 Å². The van der Waals surface area contributed by atoms with E-state index in [2.05, 4.69) is 20.2 Å². The number of carbonyl (C=O) groups excluding carboxylic acids is 1. The zero-order chi connectivity index (χ0) is 19.1. The number of hydrogen-bond acceptors (Lipinski definition) is 7. The average molecular weight is 367 g/mol. The molecule has 1 aromatic heterocycles. The Balaban J connectivity index is 1.55. The van der Waals surface area contributed by atoms with Gasteiger partial charge in [0.2, 0.25) is 5.89 Å². The summed E-state index contributed by atoms with van der Waals surface area (Å²) in [6, 6.07) is 15.5. The Labute approximate surface area is 157 Å². The van der Waals surface area contributed by atoms with Gasteiger partial charge in [-0.15, -0.1) is 0 Å². The highest BCUT2D eigenvalue weighted by molar-refractivity contribution is 5.71. The highest BCUT2D eigenvalue weighted by atomic mass is 16.6.